The second kappa shape index (κ2) is 12.0. The lowest BCUT2D eigenvalue weighted by molar-refractivity contribution is 0.410. The van der Waals surface area contributed by atoms with Crippen LogP contribution in [0.4, 0.5) is 0 Å². The summed E-state index contributed by atoms with van der Waals surface area (Å²) in [5.74, 6) is 1.77. The Hall–Kier alpha value is -1.44. The zero-order chi connectivity index (χ0) is 16.4. The fraction of sp³-hybridized carbons (Fsp3) is 0.471. The summed E-state index contributed by atoms with van der Waals surface area (Å²) in [7, 11) is 3.62. The van der Waals surface area contributed by atoms with Crippen LogP contribution in [0, 0.1) is 0 Å². The van der Waals surface area contributed by atoms with Crippen LogP contribution in [0.5, 0.6) is 11.5 Å². The van der Waals surface area contributed by atoms with Gasteiger partial charge in [0.15, 0.2) is 5.96 Å². The quantitative estimate of drug-likeness (QED) is 0.217. The summed E-state index contributed by atoms with van der Waals surface area (Å²) < 4.78 is 5.18. The van der Waals surface area contributed by atoms with Crippen molar-refractivity contribution in [2.45, 2.75) is 26.3 Å². The normalized spacial score (nSPS) is 10.7. The fourth-order valence-corrected chi connectivity index (χ4v) is 2.02. The first-order valence-corrected chi connectivity index (χ1v) is 7.58. The lowest BCUT2D eigenvalue weighted by Crippen LogP contribution is -2.39. The van der Waals surface area contributed by atoms with Gasteiger partial charge in [-0.15, -0.1) is 30.6 Å². The van der Waals surface area contributed by atoms with Gasteiger partial charge < -0.3 is 20.1 Å². The molecule has 0 heterocycles. The first kappa shape index (κ1) is 21.6. The first-order chi connectivity index (χ1) is 10.6. The molecule has 6 heteroatoms. The molecular weight excluding hydrogens is 405 g/mol. The number of rotatable bonds is 8. The molecule has 0 saturated heterocycles. The molecule has 0 spiro atoms. The number of nitrogens with zero attached hydrogens (tertiary/aromatic N) is 2. The number of phenolic OH excluding ortho intramolecular Hbond substituents is 1. The summed E-state index contributed by atoms with van der Waals surface area (Å²) in [6.45, 7) is 7.88. The summed E-state index contributed by atoms with van der Waals surface area (Å²) >= 11 is 0. The molecule has 0 amide bonds. The Bertz CT molecular complexity index is 507. The number of unbranched alkanes of at least 4 members (excludes halogenated alkanes) is 1. The predicted octanol–water partition coefficient (Wildman–Crippen LogP) is 3.38. The van der Waals surface area contributed by atoms with Crippen LogP contribution in [0.1, 0.15) is 25.3 Å². The number of hydrogen-bond acceptors (Lipinski definition) is 3. The Morgan fingerprint density at radius 1 is 1.48 bits per heavy atom. The number of allylic oxidation sites excluding steroid dienone is 1. The third kappa shape index (κ3) is 7.58. The Balaban J connectivity index is 0.00000484. The van der Waals surface area contributed by atoms with Crippen LogP contribution in [-0.2, 0) is 6.54 Å². The molecule has 130 valence electrons. The van der Waals surface area contributed by atoms with E-state index in [4.69, 9.17) is 4.74 Å². The van der Waals surface area contributed by atoms with E-state index in [1.54, 1.807) is 25.3 Å². The lowest BCUT2D eigenvalue weighted by Gasteiger charge is -2.21. The molecule has 0 aliphatic heterocycles. The molecule has 2 N–H and O–H groups in total. The number of methoxy groups -OCH3 is 1. The number of halogens is 1. The Morgan fingerprint density at radius 3 is 2.83 bits per heavy atom. The number of ether oxygens (including phenoxy) is 1. The summed E-state index contributed by atoms with van der Waals surface area (Å²) in [6, 6.07) is 5.17. The number of benzene rings is 1. The van der Waals surface area contributed by atoms with Crippen LogP contribution in [0.2, 0.25) is 0 Å². The third-order valence-corrected chi connectivity index (χ3v) is 3.28. The number of nitrogens with one attached hydrogen (secondary N) is 1. The average Bonchev–Trinajstić information content (AvgIpc) is 2.52. The largest absolute Gasteiger partial charge is 0.508 e. The van der Waals surface area contributed by atoms with E-state index in [0.29, 0.717) is 12.3 Å². The van der Waals surface area contributed by atoms with Crippen molar-refractivity contribution >= 4 is 29.9 Å². The lowest BCUT2D eigenvalue weighted by atomic mass is 10.2. The van der Waals surface area contributed by atoms with Crippen molar-refractivity contribution in [1.82, 2.24) is 10.2 Å². The van der Waals surface area contributed by atoms with Crippen molar-refractivity contribution in [3.63, 3.8) is 0 Å². The predicted molar refractivity (Wildman–Crippen MR) is 107 cm³/mol. The summed E-state index contributed by atoms with van der Waals surface area (Å²) in [6.07, 6.45) is 3.95. The number of aromatic hydroxyl groups is 1. The minimum Gasteiger partial charge on any atom is -0.508 e. The molecule has 0 aliphatic carbocycles. The summed E-state index contributed by atoms with van der Waals surface area (Å²) in [4.78, 5) is 6.68. The molecule has 0 fully saturated rings. The number of guanidine groups is 1. The average molecular weight is 433 g/mol. The van der Waals surface area contributed by atoms with E-state index in [0.717, 1.165) is 37.5 Å². The van der Waals surface area contributed by atoms with E-state index < -0.39 is 0 Å². The van der Waals surface area contributed by atoms with E-state index in [1.807, 2.05) is 20.0 Å². The molecule has 0 unspecified atom stereocenters. The Labute approximate surface area is 156 Å². The fourth-order valence-electron chi connectivity index (χ4n) is 2.02. The van der Waals surface area contributed by atoms with Crippen molar-refractivity contribution < 1.29 is 9.84 Å². The van der Waals surface area contributed by atoms with Crippen LogP contribution in [-0.4, -0.2) is 43.2 Å². The molecular formula is C17H28IN3O2. The van der Waals surface area contributed by atoms with E-state index in [9.17, 15) is 5.11 Å². The second-order valence-corrected chi connectivity index (χ2v) is 5.02. The number of hydrogen-bond donors (Lipinski definition) is 2. The highest BCUT2D eigenvalue weighted by Crippen LogP contribution is 2.23. The van der Waals surface area contributed by atoms with Gasteiger partial charge in [0.2, 0.25) is 0 Å². The highest BCUT2D eigenvalue weighted by Gasteiger charge is 2.07. The maximum absolute atomic E-state index is 9.92. The standard InChI is InChI=1S/C17H27N3O2.HI/c1-5-7-8-11-20(3)17(18-6-2)19-13-14-12-15(22-4)9-10-16(14)21;/h5,9-10,12,21H,1,6-8,11,13H2,2-4H3,(H,18,19);1H. The van der Waals surface area contributed by atoms with Gasteiger partial charge in [-0.1, -0.05) is 6.08 Å². The molecule has 0 aromatic heterocycles. The van der Waals surface area contributed by atoms with Crippen LogP contribution >= 0.6 is 24.0 Å². The second-order valence-electron chi connectivity index (χ2n) is 5.02. The van der Waals surface area contributed by atoms with Gasteiger partial charge in [-0.3, -0.25) is 0 Å². The van der Waals surface area contributed by atoms with Gasteiger partial charge >= 0.3 is 0 Å². The molecule has 5 nitrogen and oxygen atoms in total. The van der Waals surface area contributed by atoms with Gasteiger partial charge in [0.25, 0.3) is 0 Å². The van der Waals surface area contributed by atoms with Gasteiger partial charge in [0.05, 0.1) is 13.7 Å². The van der Waals surface area contributed by atoms with Crippen LogP contribution in [0.3, 0.4) is 0 Å². The molecule has 1 aromatic carbocycles. The van der Waals surface area contributed by atoms with Gasteiger partial charge in [-0.2, -0.15) is 0 Å². The highest BCUT2D eigenvalue weighted by atomic mass is 127. The van der Waals surface area contributed by atoms with Crippen molar-refractivity contribution in [2.24, 2.45) is 4.99 Å². The van der Waals surface area contributed by atoms with Crippen LogP contribution in [0.25, 0.3) is 0 Å². The minimum absolute atomic E-state index is 0. The Morgan fingerprint density at radius 2 is 2.22 bits per heavy atom. The zero-order valence-corrected chi connectivity index (χ0v) is 16.5. The van der Waals surface area contributed by atoms with E-state index >= 15 is 0 Å². The minimum atomic E-state index is 0. The topological polar surface area (TPSA) is 57.1 Å². The van der Waals surface area contributed by atoms with Crippen molar-refractivity contribution in [2.75, 3.05) is 27.2 Å². The maximum atomic E-state index is 9.92. The summed E-state index contributed by atoms with van der Waals surface area (Å²) in [5, 5.41) is 13.2. The van der Waals surface area contributed by atoms with Gasteiger partial charge in [0.1, 0.15) is 11.5 Å². The van der Waals surface area contributed by atoms with E-state index in [-0.39, 0.29) is 29.7 Å². The molecule has 0 aliphatic rings. The SMILES string of the molecule is C=CCCCN(C)C(=NCc1cc(OC)ccc1O)NCC.I. The number of phenols is 1. The van der Waals surface area contributed by atoms with Crippen LogP contribution < -0.4 is 10.1 Å². The highest BCUT2D eigenvalue weighted by molar-refractivity contribution is 14.0. The number of aliphatic imine (C=N–C) groups is 1. The van der Waals surface area contributed by atoms with Gasteiger partial charge in [0, 0.05) is 25.7 Å². The first-order valence-electron chi connectivity index (χ1n) is 7.58. The molecule has 0 saturated carbocycles. The summed E-state index contributed by atoms with van der Waals surface area (Å²) in [5.41, 5.74) is 0.745. The third-order valence-electron chi connectivity index (χ3n) is 3.28. The molecule has 0 bridgehead atoms. The van der Waals surface area contributed by atoms with E-state index in [2.05, 4.69) is 21.8 Å². The zero-order valence-electron chi connectivity index (χ0n) is 14.2. The van der Waals surface area contributed by atoms with Gasteiger partial charge in [-0.05, 0) is 38.0 Å². The smallest absolute Gasteiger partial charge is 0.193 e. The van der Waals surface area contributed by atoms with E-state index in [1.165, 1.54) is 0 Å². The van der Waals surface area contributed by atoms with Crippen molar-refractivity contribution in [3.8, 4) is 11.5 Å². The molecule has 0 atom stereocenters. The molecule has 1 aromatic rings. The van der Waals surface area contributed by atoms with Crippen molar-refractivity contribution in [3.05, 3.63) is 36.4 Å². The Kier molecular flexibility index (Phi) is 11.3. The molecule has 23 heavy (non-hydrogen) atoms. The maximum Gasteiger partial charge on any atom is 0.193 e. The molecule has 1 rings (SSSR count). The van der Waals surface area contributed by atoms with Gasteiger partial charge in [-0.25, -0.2) is 4.99 Å². The monoisotopic (exact) mass is 433 g/mol. The van der Waals surface area contributed by atoms with Crippen molar-refractivity contribution in [1.29, 1.82) is 0 Å². The molecule has 0 radical (unpaired) electrons. The van der Waals surface area contributed by atoms with Crippen LogP contribution in [0.15, 0.2) is 35.8 Å².